The molecule has 0 radical (unpaired) electrons. The molecule has 0 amide bonds. The van der Waals surface area contributed by atoms with Crippen LogP contribution in [0.2, 0.25) is 0 Å². The first-order valence-electron chi connectivity index (χ1n) is 7.21. The molecule has 17 heavy (non-hydrogen) atoms. The smallest absolute Gasteiger partial charge is 0 e. The minimum absolute atomic E-state index is 0. The molecule has 1 N–H and O–H groups in total. The molecule has 0 atom stereocenters. The van der Waals surface area contributed by atoms with Crippen LogP contribution in [0.4, 0.5) is 0 Å². The van der Waals surface area contributed by atoms with Gasteiger partial charge < -0.3 is 10.2 Å². The number of unbranched alkanes of at least 4 members (excludes halogenated alkanes) is 2. The average Bonchev–Trinajstić information content (AvgIpc) is 2.30. The second kappa shape index (κ2) is 8.71. The molecule has 1 aliphatic rings. The third kappa shape index (κ3) is 7.56. The van der Waals surface area contributed by atoms with Gasteiger partial charge in [-0.25, -0.2) is 0 Å². The van der Waals surface area contributed by atoms with Gasteiger partial charge in [0, 0.05) is 1.43 Å². The van der Waals surface area contributed by atoms with Crippen LogP contribution < -0.4 is 5.32 Å². The van der Waals surface area contributed by atoms with E-state index in [2.05, 4.69) is 37.2 Å². The normalized spacial score (nSPS) is 18.3. The Bertz CT molecular complexity index is 217. The third-order valence-electron chi connectivity index (χ3n) is 3.63. The maximum atomic E-state index is 3.62. The molecule has 0 aromatic heterocycles. The summed E-state index contributed by atoms with van der Waals surface area (Å²) in [5.41, 5.74) is 1.45. The Kier molecular flexibility index (Phi) is 7.54. The molecule has 0 saturated carbocycles. The van der Waals surface area contributed by atoms with E-state index in [1.165, 1.54) is 63.9 Å². The summed E-state index contributed by atoms with van der Waals surface area (Å²) >= 11 is 0. The fourth-order valence-corrected chi connectivity index (χ4v) is 2.36. The van der Waals surface area contributed by atoms with Gasteiger partial charge in [-0.3, -0.25) is 0 Å². The first-order valence-corrected chi connectivity index (χ1v) is 7.21. The van der Waals surface area contributed by atoms with E-state index in [0.717, 1.165) is 5.92 Å². The summed E-state index contributed by atoms with van der Waals surface area (Å²) in [6.45, 7) is 9.36. The van der Waals surface area contributed by atoms with Crippen LogP contribution in [-0.2, 0) is 0 Å². The molecule has 0 aromatic rings. The molecule has 0 aromatic carbocycles. The van der Waals surface area contributed by atoms with Crippen LogP contribution >= 0.6 is 0 Å². The van der Waals surface area contributed by atoms with E-state index < -0.39 is 0 Å². The van der Waals surface area contributed by atoms with Gasteiger partial charge in [0.15, 0.2) is 0 Å². The van der Waals surface area contributed by atoms with Crippen LogP contribution in [0.25, 0.3) is 0 Å². The second-order valence-corrected chi connectivity index (χ2v) is 5.73. The van der Waals surface area contributed by atoms with Crippen molar-refractivity contribution < 1.29 is 1.43 Å². The first kappa shape index (κ1) is 14.7. The molecule has 0 aliphatic carbocycles. The minimum Gasteiger partial charge on any atom is -0.316 e. The Morgan fingerprint density at radius 2 is 2.00 bits per heavy atom. The molecule has 1 saturated heterocycles. The van der Waals surface area contributed by atoms with Crippen LogP contribution in [-0.4, -0.2) is 38.1 Å². The lowest BCUT2D eigenvalue weighted by Gasteiger charge is -2.29. The molecule has 0 spiro atoms. The Morgan fingerprint density at radius 3 is 2.65 bits per heavy atom. The van der Waals surface area contributed by atoms with Crippen molar-refractivity contribution in [3.63, 3.8) is 0 Å². The monoisotopic (exact) mass is 240 g/mol. The van der Waals surface area contributed by atoms with Crippen molar-refractivity contribution in [2.24, 2.45) is 5.92 Å². The molecule has 0 bridgehead atoms. The highest BCUT2D eigenvalue weighted by Crippen LogP contribution is 2.14. The van der Waals surface area contributed by atoms with Crippen molar-refractivity contribution in [1.29, 1.82) is 0 Å². The van der Waals surface area contributed by atoms with E-state index in [1.807, 2.05) is 0 Å². The molecule has 102 valence electrons. The summed E-state index contributed by atoms with van der Waals surface area (Å²) in [6, 6.07) is 0. The zero-order valence-electron chi connectivity index (χ0n) is 12.0. The Morgan fingerprint density at radius 1 is 1.29 bits per heavy atom. The predicted molar refractivity (Wildman–Crippen MR) is 78.5 cm³/mol. The Balaban J connectivity index is 0.00000289. The van der Waals surface area contributed by atoms with Gasteiger partial charge in [0.2, 0.25) is 0 Å². The van der Waals surface area contributed by atoms with Crippen LogP contribution in [0.3, 0.4) is 0 Å². The molecule has 2 heteroatoms. The number of allylic oxidation sites excluding steroid dienone is 2. The number of rotatable bonds is 7. The van der Waals surface area contributed by atoms with Crippen LogP contribution in [0.5, 0.6) is 0 Å². The summed E-state index contributed by atoms with van der Waals surface area (Å²) in [6.07, 6.45) is 8.99. The number of nitrogens with one attached hydrogen (secondary N) is 1. The molecule has 2 nitrogen and oxygen atoms in total. The molecule has 1 fully saturated rings. The van der Waals surface area contributed by atoms with Crippen molar-refractivity contribution in [2.75, 3.05) is 33.2 Å². The van der Waals surface area contributed by atoms with Gasteiger partial charge in [-0.1, -0.05) is 11.6 Å². The van der Waals surface area contributed by atoms with E-state index in [4.69, 9.17) is 0 Å². The molecule has 1 heterocycles. The van der Waals surface area contributed by atoms with E-state index in [1.54, 1.807) is 0 Å². The van der Waals surface area contributed by atoms with Crippen LogP contribution in [0.15, 0.2) is 11.6 Å². The second-order valence-electron chi connectivity index (χ2n) is 5.73. The summed E-state index contributed by atoms with van der Waals surface area (Å²) in [4.78, 5) is 2.44. The summed E-state index contributed by atoms with van der Waals surface area (Å²) < 4.78 is 0. The number of hydrogen-bond acceptors (Lipinski definition) is 2. The zero-order chi connectivity index (χ0) is 12.5. The highest BCUT2D eigenvalue weighted by Gasteiger charge is 2.15. The number of piperidine rings is 1. The van der Waals surface area contributed by atoms with Crippen molar-refractivity contribution in [1.82, 2.24) is 10.2 Å². The number of hydrogen-bond donors (Lipinski definition) is 1. The summed E-state index contributed by atoms with van der Waals surface area (Å²) in [7, 11) is 2.23. The topological polar surface area (TPSA) is 15.3 Å². The number of likely N-dealkylation sites (tertiary alicyclic amines) is 1. The predicted octanol–water partition coefficient (Wildman–Crippen LogP) is 3.30. The van der Waals surface area contributed by atoms with E-state index in [9.17, 15) is 0 Å². The van der Waals surface area contributed by atoms with E-state index >= 15 is 0 Å². The molecule has 0 unspecified atom stereocenters. The average molecular weight is 240 g/mol. The fourth-order valence-electron chi connectivity index (χ4n) is 2.36. The van der Waals surface area contributed by atoms with Crippen LogP contribution in [0.1, 0.15) is 47.4 Å². The molecule has 1 rings (SSSR count). The van der Waals surface area contributed by atoms with Crippen molar-refractivity contribution in [2.45, 2.75) is 46.0 Å². The van der Waals surface area contributed by atoms with Gasteiger partial charge in [-0.15, -0.1) is 0 Å². The summed E-state index contributed by atoms with van der Waals surface area (Å²) in [5.74, 6) is 0.920. The van der Waals surface area contributed by atoms with Gasteiger partial charge in [0.05, 0.1) is 0 Å². The van der Waals surface area contributed by atoms with E-state index in [-0.39, 0.29) is 1.43 Å². The number of nitrogens with zero attached hydrogens (tertiary/aromatic N) is 1. The van der Waals surface area contributed by atoms with Gasteiger partial charge in [-0.2, -0.15) is 0 Å². The summed E-state index contributed by atoms with van der Waals surface area (Å²) in [5, 5.41) is 3.62. The lowest BCUT2D eigenvalue weighted by molar-refractivity contribution is 0.216. The molecular weight excluding hydrogens is 208 g/mol. The van der Waals surface area contributed by atoms with Crippen molar-refractivity contribution >= 4 is 0 Å². The lowest BCUT2D eigenvalue weighted by atomic mass is 9.97. The van der Waals surface area contributed by atoms with Gasteiger partial charge in [0.1, 0.15) is 0 Å². The van der Waals surface area contributed by atoms with Crippen molar-refractivity contribution in [3.05, 3.63) is 11.6 Å². The standard InChI is InChI=1S/C15H30N2.H2/c1-14(2)7-5-4-6-10-16-13-15-8-11-17(3)12-9-15;/h7,15-16H,4-6,8-13H2,1-3H3;1H. The zero-order valence-corrected chi connectivity index (χ0v) is 12.0. The Labute approximate surface area is 109 Å². The van der Waals surface area contributed by atoms with Gasteiger partial charge in [0.25, 0.3) is 0 Å². The lowest BCUT2D eigenvalue weighted by Crippen LogP contribution is -2.35. The fraction of sp³-hybridized carbons (Fsp3) is 0.867. The highest BCUT2D eigenvalue weighted by atomic mass is 15.1. The van der Waals surface area contributed by atoms with E-state index in [0.29, 0.717) is 0 Å². The largest absolute Gasteiger partial charge is 0.316 e. The van der Waals surface area contributed by atoms with Gasteiger partial charge in [-0.05, 0) is 85.1 Å². The third-order valence-corrected chi connectivity index (χ3v) is 3.63. The minimum atomic E-state index is 0. The maximum Gasteiger partial charge on any atom is 0 e. The molecule has 1 aliphatic heterocycles. The maximum absolute atomic E-state index is 3.62. The highest BCUT2D eigenvalue weighted by molar-refractivity contribution is 4.92. The quantitative estimate of drug-likeness (QED) is 0.542. The van der Waals surface area contributed by atoms with Crippen LogP contribution in [0, 0.1) is 5.92 Å². The van der Waals surface area contributed by atoms with Crippen molar-refractivity contribution in [3.8, 4) is 0 Å². The SMILES string of the molecule is CC(C)=CCCCCNCC1CCN(C)CC1.[HH]. The first-order chi connectivity index (χ1) is 8.18. The van der Waals surface area contributed by atoms with Gasteiger partial charge >= 0.3 is 0 Å². The Hall–Kier alpha value is -0.340. The molecular formula is C15H32N2.